The van der Waals surface area contributed by atoms with Crippen molar-refractivity contribution in [1.29, 1.82) is 0 Å². The quantitative estimate of drug-likeness (QED) is 0.531. The molecular weight excluding hydrogens is 390 g/mol. The molecule has 0 saturated heterocycles. The van der Waals surface area contributed by atoms with E-state index in [1.165, 1.54) is 43.5 Å². The fraction of sp³-hybridized carbons (Fsp3) is 0.0455. The summed E-state index contributed by atoms with van der Waals surface area (Å²) < 4.78 is 33.1. The maximum atomic E-state index is 13.3. The van der Waals surface area contributed by atoms with Crippen molar-refractivity contribution in [2.75, 3.05) is 12.4 Å². The molecule has 0 aliphatic carbocycles. The van der Waals surface area contributed by atoms with E-state index >= 15 is 0 Å². The number of halogens is 2. The predicted octanol–water partition coefficient (Wildman–Crippen LogP) is 4.47. The molecule has 0 saturated carbocycles. The largest absolute Gasteiger partial charge is 0.466 e. The molecule has 1 aromatic heterocycles. The van der Waals surface area contributed by atoms with Crippen molar-refractivity contribution in [2.24, 2.45) is 0 Å². The van der Waals surface area contributed by atoms with Crippen molar-refractivity contribution in [2.45, 2.75) is 0 Å². The molecule has 4 rings (SSSR count). The SMILES string of the molecule is COc1nc(-c2ccc(F)cc2)n(-c2cccc(NC(=O)c3ccc(F)cc3)c2)n1. The maximum Gasteiger partial charge on any atom is 0.336 e. The van der Waals surface area contributed by atoms with Gasteiger partial charge in [0.05, 0.1) is 12.8 Å². The second-order valence-corrected chi connectivity index (χ2v) is 6.35. The van der Waals surface area contributed by atoms with Gasteiger partial charge in [0.1, 0.15) is 11.6 Å². The lowest BCUT2D eigenvalue weighted by atomic mass is 10.2. The first-order valence-corrected chi connectivity index (χ1v) is 8.98. The Morgan fingerprint density at radius 2 is 1.63 bits per heavy atom. The lowest BCUT2D eigenvalue weighted by Gasteiger charge is -2.09. The summed E-state index contributed by atoms with van der Waals surface area (Å²) in [6.07, 6.45) is 0. The number of methoxy groups -OCH3 is 1. The average Bonchev–Trinajstić information content (AvgIpc) is 3.19. The number of nitrogens with zero attached hydrogens (tertiary/aromatic N) is 3. The predicted molar refractivity (Wildman–Crippen MR) is 108 cm³/mol. The topological polar surface area (TPSA) is 69.0 Å². The van der Waals surface area contributed by atoms with Crippen molar-refractivity contribution in [3.8, 4) is 23.1 Å². The number of hydrogen-bond donors (Lipinski definition) is 1. The van der Waals surface area contributed by atoms with Gasteiger partial charge >= 0.3 is 6.01 Å². The molecule has 6 nitrogen and oxygen atoms in total. The number of aromatic nitrogens is 3. The number of anilines is 1. The Labute approximate surface area is 170 Å². The van der Waals surface area contributed by atoms with Gasteiger partial charge < -0.3 is 10.1 Å². The molecule has 0 aliphatic heterocycles. The molecule has 30 heavy (non-hydrogen) atoms. The zero-order valence-electron chi connectivity index (χ0n) is 15.8. The first-order valence-electron chi connectivity index (χ1n) is 8.98. The molecular formula is C22H16F2N4O2. The molecule has 8 heteroatoms. The highest BCUT2D eigenvalue weighted by atomic mass is 19.1. The van der Waals surface area contributed by atoms with Gasteiger partial charge in [-0.3, -0.25) is 4.79 Å². The van der Waals surface area contributed by atoms with E-state index in [1.807, 2.05) is 0 Å². The molecule has 0 radical (unpaired) electrons. The summed E-state index contributed by atoms with van der Waals surface area (Å²) in [5.41, 5.74) is 2.10. The maximum absolute atomic E-state index is 13.3. The van der Waals surface area contributed by atoms with E-state index in [0.29, 0.717) is 28.3 Å². The molecule has 0 atom stereocenters. The van der Waals surface area contributed by atoms with Gasteiger partial charge in [0.15, 0.2) is 5.82 Å². The van der Waals surface area contributed by atoms with E-state index in [4.69, 9.17) is 4.74 Å². The van der Waals surface area contributed by atoms with Crippen LogP contribution in [0.15, 0.2) is 72.8 Å². The van der Waals surface area contributed by atoms with E-state index < -0.39 is 5.82 Å². The normalized spacial score (nSPS) is 10.6. The summed E-state index contributed by atoms with van der Waals surface area (Å²) in [7, 11) is 1.45. The molecule has 0 spiro atoms. The molecule has 1 heterocycles. The van der Waals surface area contributed by atoms with Gasteiger partial charge in [-0.15, -0.1) is 5.10 Å². The van der Waals surface area contributed by atoms with Crippen molar-refractivity contribution in [3.05, 3.63) is 90.0 Å². The van der Waals surface area contributed by atoms with Gasteiger partial charge in [0.25, 0.3) is 5.91 Å². The monoisotopic (exact) mass is 406 g/mol. The van der Waals surface area contributed by atoms with Crippen molar-refractivity contribution in [1.82, 2.24) is 14.8 Å². The van der Waals surface area contributed by atoms with Crippen LogP contribution < -0.4 is 10.1 Å². The van der Waals surface area contributed by atoms with Crippen LogP contribution in [0, 0.1) is 11.6 Å². The number of nitrogens with one attached hydrogen (secondary N) is 1. The molecule has 1 amide bonds. The molecule has 150 valence electrons. The number of hydrogen-bond acceptors (Lipinski definition) is 4. The number of rotatable bonds is 5. The Morgan fingerprint density at radius 1 is 0.967 bits per heavy atom. The molecule has 3 aromatic carbocycles. The minimum Gasteiger partial charge on any atom is -0.466 e. The zero-order chi connectivity index (χ0) is 21.1. The Balaban J connectivity index is 1.67. The molecule has 4 aromatic rings. The number of carbonyl (C=O) groups excluding carboxylic acids is 1. The van der Waals surface area contributed by atoms with Crippen molar-refractivity contribution < 1.29 is 18.3 Å². The minimum absolute atomic E-state index is 0.148. The van der Waals surface area contributed by atoms with E-state index in [0.717, 1.165) is 0 Å². The van der Waals surface area contributed by atoms with Crippen LogP contribution in [0.2, 0.25) is 0 Å². The number of carbonyl (C=O) groups is 1. The summed E-state index contributed by atoms with van der Waals surface area (Å²) >= 11 is 0. The van der Waals surface area contributed by atoms with Gasteiger partial charge in [0.2, 0.25) is 0 Å². The van der Waals surface area contributed by atoms with Gasteiger partial charge in [-0.2, -0.15) is 4.98 Å². The average molecular weight is 406 g/mol. The molecule has 1 N–H and O–H groups in total. The molecule has 0 unspecified atom stereocenters. The standard InChI is InChI=1S/C22H16F2N4O2/c1-30-22-26-20(14-5-9-16(23)10-6-14)28(27-22)19-4-2-3-18(13-19)25-21(29)15-7-11-17(24)12-8-15/h2-13H,1H3,(H,25,29). The Bertz CT molecular complexity index is 1190. The molecule has 0 fully saturated rings. The fourth-order valence-electron chi connectivity index (χ4n) is 2.87. The highest BCUT2D eigenvalue weighted by Crippen LogP contribution is 2.25. The Hall–Kier alpha value is -4.07. The van der Waals surface area contributed by atoms with Crippen LogP contribution in [0.3, 0.4) is 0 Å². The van der Waals surface area contributed by atoms with Crippen LogP contribution in [-0.2, 0) is 0 Å². The smallest absolute Gasteiger partial charge is 0.336 e. The molecule has 0 bridgehead atoms. The fourth-order valence-corrected chi connectivity index (χ4v) is 2.87. The van der Waals surface area contributed by atoms with E-state index in [9.17, 15) is 13.6 Å². The van der Waals surface area contributed by atoms with Crippen LogP contribution in [0.5, 0.6) is 6.01 Å². The Morgan fingerprint density at radius 3 is 2.30 bits per heavy atom. The van der Waals surface area contributed by atoms with Crippen LogP contribution in [0.4, 0.5) is 14.5 Å². The zero-order valence-corrected chi connectivity index (χ0v) is 15.8. The first-order chi connectivity index (χ1) is 14.5. The number of benzene rings is 3. The summed E-state index contributed by atoms with van der Waals surface area (Å²) in [6.45, 7) is 0. The van der Waals surface area contributed by atoms with Crippen LogP contribution in [0.1, 0.15) is 10.4 Å². The second-order valence-electron chi connectivity index (χ2n) is 6.35. The number of amides is 1. The van der Waals surface area contributed by atoms with Gasteiger partial charge in [0, 0.05) is 16.8 Å². The van der Waals surface area contributed by atoms with Crippen LogP contribution in [-0.4, -0.2) is 27.8 Å². The lowest BCUT2D eigenvalue weighted by Crippen LogP contribution is -2.12. The Kier molecular flexibility index (Phi) is 5.21. The van der Waals surface area contributed by atoms with E-state index in [2.05, 4.69) is 15.4 Å². The third kappa shape index (κ3) is 4.02. The van der Waals surface area contributed by atoms with Crippen molar-refractivity contribution >= 4 is 11.6 Å². The highest BCUT2D eigenvalue weighted by molar-refractivity contribution is 6.04. The van der Waals surface area contributed by atoms with Crippen LogP contribution in [0.25, 0.3) is 17.1 Å². The molecule has 0 aliphatic rings. The highest BCUT2D eigenvalue weighted by Gasteiger charge is 2.15. The van der Waals surface area contributed by atoms with Gasteiger partial charge in [-0.1, -0.05) is 6.07 Å². The van der Waals surface area contributed by atoms with E-state index in [-0.39, 0.29) is 17.7 Å². The minimum atomic E-state index is -0.415. The van der Waals surface area contributed by atoms with Crippen molar-refractivity contribution in [3.63, 3.8) is 0 Å². The summed E-state index contributed by atoms with van der Waals surface area (Å²) in [5, 5.41) is 7.09. The van der Waals surface area contributed by atoms with Gasteiger partial charge in [-0.05, 0) is 66.7 Å². The summed E-state index contributed by atoms with van der Waals surface area (Å²) in [6, 6.07) is 18.2. The lowest BCUT2D eigenvalue weighted by molar-refractivity contribution is 0.102. The van der Waals surface area contributed by atoms with E-state index in [1.54, 1.807) is 41.1 Å². The second kappa shape index (κ2) is 8.12. The summed E-state index contributed by atoms with van der Waals surface area (Å²) in [5.74, 6) is -0.694. The van der Waals surface area contributed by atoms with Crippen LogP contribution >= 0.6 is 0 Å². The summed E-state index contributed by atoms with van der Waals surface area (Å²) in [4.78, 5) is 16.8. The third-order valence-electron chi connectivity index (χ3n) is 4.33. The van der Waals surface area contributed by atoms with Gasteiger partial charge in [-0.25, -0.2) is 13.5 Å². The number of ether oxygens (including phenoxy) is 1. The third-order valence-corrected chi connectivity index (χ3v) is 4.33. The first kappa shape index (κ1) is 19.3.